The Hall–Kier alpha value is -2.64. The van der Waals surface area contributed by atoms with Gasteiger partial charge in [-0.3, -0.25) is 0 Å². The molecule has 2 amide bonds. The predicted octanol–water partition coefficient (Wildman–Crippen LogP) is 4.01. The van der Waals surface area contributed by atoms with E-state index in [-0.39, 0.29) is 24.3 Å². The third kappa shape index (κ3) is 5.05. The monoisotopic (exact) mass is 402 g/mol. The Labute approximate surface area is 169 Å². The second-order valence-corrected chi connectivity index (χ2v) is 7.84. The second-order valence-electron chi connectivity index (χ2n) is 7.84. The van der Waals surface area contributed by atoms with Gasteiger partial charge in [-0.2, -0.15) is 4.98 Å². The fourth-order valence-electron chi connectivity index (χ4n) is 4.08. The molecule has 8 heteroatoms. The molecule has 1 aromatic carbocycles. The topological polar surface area (TPSA) is 80.5 Å². The highest BCUT2D eigenvalue weighted by Gasteiger charge is 2.29. The number of nitrogens with zero attached hydrogens (tertiary/aromatic N) is 3. The molecule has 1 N–H and O–H groups in total. The molecule has 1 saturated heterocycles. The van der Waals surface area contributed by atoms with Gasteiger partial charge < -0.3 is 19.5 Å². The van der Waals surface area contributed by atoms with E-state index in [0.717, 1.165) is 32.2 Å². The highest BCUT2D eigenvalue weighted by molar-refractivity contribution is 5.74. The van der Waals surface area contributed by atoms with Crippen LogP contribution in [0.25, 0.3) is 0 Å². The highest BCUT2D eigenvalue weighted by Crippen LogP contribution is 2.26. The molecule has 0 spiro atoms. The lowest BCUT2D eigenvalue weighted by Gasteiger charge is -2.33. The van der Waals surface area contributed by atoms with E-state index in [9.17, 15) is 9.18 Å². The Morgan fingerprint density at radius 2 is 2.03 bits per heavy atom. The van der Waals surface area contributed by atoms with E-state index >= 15 is 0 Å². The third-order valence-electron chi connectivity index (χ3n) is 5.68. The zero-order valence-corrected chi connectivity index (χ0v) is 16.5. The molecule has 0 bridgehead atoms. The van der Waals surface area contributed by atoms with Crippen molar-refractivity contribution in [3.8, 4) is 5.75 Å². The molecule has 156 valence electrons. The van der Waals surface area contributed by atoms with Gasteiger partial charge in [0.1, 0.15) is 0 Å². The van der Waals surface area contributed by atoms with Crippen molar-refractivity contribution in [2.75, 3.05) is 13.1 Å². The fourth-order valence-corrected chi connectivity index (χ4v) is 4.08. The van der Waals surface area contributed by atoms with Crippen molar-refractivity contribution in [1.82, 2.24) is 20.4 Å². The molecule has 29 heavy (non-hydrogen) atoms. The van der Waals surface area contributed by atoms with Crippen LogP contribution in [0.2, 0.25) is 0 Å². The number of hydrogen-bond acceptors (Lipinski definition) is 5. The molecule has 0 radical (unpaired) electrons. The molecule has 7 nitrogen and oxygen atoms in total. The summed E-state index contributed by atoms with van der Waals surface area (Å²) in [4.78, 5) is 18.9. The first kappa shape index (κ1) is 19.7. The maximum atomic E-state index is 13.6. The largest absolute Gasteiger partial charge is 0.481 e. The summed E-state index contributed by atoms with van der Waals surface area (Å²) in [6.07, 6.45) is 7.58. The van der Waals surface area contributed by atoms with Crippen molar-refractivity contribution >= 4 is 6.03 Å². The zero-order valence-electron chi connectivity index (χ0n) is 16.5. The third-order valence-corrected chi connectivity index (χ3v) is 5.68. The number of benzene rings is 1. The van der Waals surface area contributed by atoms with Gasteiger partial charge in [0.05, 0.1) is 0 Å². The summed E-state index contributed by atoms with van der Waals surface area (Å²) in [6, 6.07) is 6.50. The molecule has 2 heterocycles. The minimum atomic E-state index is -0.431. The Bertz CT molecular complexity index is 822. The molecule has 2 aliphatic rings. The molecule has 1 aliphatic carbocycles. The van der Waals surface area contributed by atoms with Crippen LogP contribution in [0.3, 0.4) is 0 Å². The molecule has 1 aliphatic heterocycles. The van der Waals surface area contributed by atoms with Crippen LogP contribution in [0, 0.1) is 5.82 Å². The van der Waals surface area contributed by atoms with Gasteiger partial charge in [0.15, 0.2) is 24.0 Å². The van der Waals surface area contributed by atoms with E-state index < -0.39 is 5.82 Å². The van der Waals surface area contributed by atoms with E-state index in [4.69, 9.17) is 9.26 Å². The van der Waals surface area contributed by atoms with Crippen molar-refractivity contribution in [3.05, 3.63) is 41.8 Å². The van der Waals surface area contributed by atoms with Crippen LogP contribution < -0.4 is 10.1 Å². The maximum Gasteiger partial charge on any atom is 0.317 e. The molecule has 1 atom stereocenters. The number of likely N-dealkylation sites (tertiary alicyclic amines) is 1. The number of para-hydroxylation sites is 1. The van der Waals surface area contributed by atoms with Gasteiger partial charge in [0, 0.05) is 25.0 Å². The minimum absolute atomic E-state index is 0.00648. The van der Waals surface area contributed by atoms with Crippen LogP contribution in [0.15, 0.2) is 28.8 Å². The summed E-state index contributed by atoms with van der Waals surface area (Å²) < 4.78 is 24.3. The lowest BCUT2D eigenvalue weighted by Crippen LogP contribution is -2.48. The van der Waals surface area contributed by atoms with Gasteiger partial charge in [0.2, 0.25) is 0 Å². The predicted molar refractivity (Wildman–Crippen MR) is 104 cm³/mol. The number of nitrogens with one attached hydrogen (secondary N) is 1. The number of urea groups is 1. The quantitative estimate of drug-likeness (QED) is 0.817. The van der Waals surface area contributed by atoms with Crippen molar-refractivity contribution in [2.24, 2.45) is 0 Å². The summed E-state index contributed by atoms with van der Waals surface area (Å²) in [6.45, 7) is 1.33. The van der Waals surface area contributed by atoms with Gasteiger partial charge in [-0.15, -0.1) is 0 Å². The van der Waals surface area contributed by atoms with Crippen LogP contribution in [0.5, 0.6) is 5.75 Å². The molecular formula is C21H27FN4O3. The van der Waals surface area contributed by atoms with Crippen LogP contribution >= 0.6 is 0 Å². The summed E-state index contributed by atoms with van der Waals surface area (Å²) in [5.74, 6) is 0.626. The average Bonchev–Trinajstić information content (AvgIpc) is 3.23. The second kappa shape index (κ2) is 9.24. The Morgan fingerprint density at radius 3 is 2.86 bits per heavy atom. The van der Waals surface area contributed by atoms with Gasteiger partial charge in [-0.05, 0) is 37.8 Å². The maximum absolute atomic E-state index is 13.6. The smallest absolute Gasteiger partial charge is 0.317 e. The highest BCUT2D eigenvalue weighted by atomic mass is 19.1. The minimum Gasteiger partial charge on any atom is -0.481 e. The van der Waals surface area contributed by atoms with Crippen LogP contribution in [-0.4, -0.2) is 40.2 Å². The number of aromatic nitrogens is 2. The molecule has 4 rings (SSSR count). The Kier molecular flexibility index (Phi) is 6.27. The lowest BCUT2D eigenvalue weighted by atomic mass is 9.95. The van der Waals surface area contributed by atoms with E-state index in [1.807, 2.05) is 4.90 Å². The number of piperidine rings is 1. The normalized spacial score (nSPS) is 20.4. The first-order valence-corrected chi connectivity index (χ1v) is 10.4. The molecule has 1 unspecified atom stereocenters. The standard InChI is InChI=1S/C21H27FN4O3/c22-17-10-4-5-11-18(17)28-14-19-24-20(25-29-19)15-7-6-12-26(13-15)21(27)23-16-8-2-1-3-9-16/h4-5,10-11,15-16H,1-3,6-9,12-14H2,(H,23,27). The van der Waals surface area contributed by atoms with E-state index in [2.05, 4.69) is 15.5 Å². The number of rotatable bonds is 5. The molecule has 1 aromatic heterocycles. The molecular weight excluding hydrogens is 375 g/mol. The molecule has 2 aromatic rings. The number of ether oxygens (including phenoxy) is 1. The first-order valence-electron chi connectivity index (χ1n) is 10.4. The van der Waals surface area contributed by atoms with E-state index in [1.165, 1.54) is 25.3 Å². The first-order chi connectivity index (χ1) is 14.2. The molecule has 2 fully saturated rings. The van der Waals surface area contributed by atoms with Crippen molar-refractivity contribution in [1.29, 1.82) is 0 Å². The van der Waals surface area contributed by atoms with Crippen LogP contribution in [0.1, 0.15) is 62.6 Å². The van der Waals surface area contributed by atoms with Crippen molar-refractivity contribution in [2.45, 2.75) is 63.5 Å². The number of amides is 2. The Balaban J connectivity index is 1.31. The van der Waals surface area contributed by atoms with Crippen molar-refractivity contribution in [3.63, 3.8) is 0 Å². The van der Waals surface area contributed by atoms with Gasteiger partial charge >= 0.3 is 6.03 Å². The van der Waals surface area contributed by atoms with Gasteiger partial charge in [-0.25, -0.2) is 9.18 Å². The number of carbonyl (C=O) groups is 1. The summed E-state index contributed by atoms with van der Waals surface area (Å²) in [7, 11) is 0. The summed E-state index contributed by atoms with van der Waals surface area (Å²) in [5, 5.41) is 7.24. The van der Waals surface area contributed by atoms with E-state index in [1.54, 1.807) is 18.2 Å². The zero-order chi connectivity index (χ0) is 20.1. The summed E-state index contributed by atoms with van der Waals surface area (Å²) in [5.41, 5.74) is 0. The lowest BCUT2D eigenvalue weighted by molar-refractivity contribution is 0.171. The van der Waals surface area contributed by atoms with Crippen LogP contribution in [-0.2, 0) is 6.61 Å². The Morgan fingerprint density at radius 1 is 1.21 bits per heavy atom. The summed E-state index contributed by atoms with van der Waals surface area (Å²) >= 11 is 0. The van der Waals surface area contributed by atoms with Gasteiger partial charge in [-0.1, -0.05) is 36.6 Å². The van der Waals surface area contributed by atoms with Crippen molar-refractivity contribution < 1.29 is 18.4 Å². The molecule has 1 saturated carbocycles. The van der Waals surface area contributed by atoms with E-state index in [0.29, 0.717) is 24.3 Å². The SMILES string of the molecule is O=C(NC1CCCCC1)N1CCCC(c2noc(COc3ccccc3F)n2)C1. The van der Waals surface area contributed by atoms with Gasteiger partial charge in [0.25, 0.3) is 5.89 Å². The van der Waals surface area contributed by atoms with Crippen LogP contribution in [0.4, 0.5) is 9.18 Å². The average molecular weight is 402 g/mol. The number of hydrogen-bond donors (Lipinski definition) is 1. The number of halogens is 1. The number of carbonyl (C=O) groups excluding carboxylic acids is 1. The fraction of sp³-hybridized carbons (Fsp3) is 0.571.